The van der Waals surface area contributed by atoms with Crippen molar-refractivity contribution in [2.24, 2.45) is 5.92 Å². The molecule has 2 saturated heterocycles. The van der Waals surface area contributed by atoms with Crippen LogP contribution < -0.4 is 5.46 Å². The van der Waals surface area contributed by atoms with Crippen molar-refractivity contribution in [3.63, 3.8) is 0 Å². The lowest BCUT2D eigenvalue weighted by molar-refractivity contribution is -0.184. The molecule has 1 unspecified atom stereocenters. The monoisotopic (exact) mass is 401 g/mol. The van der Waals surface area contributed by atoms with Crippen LogP contribution in [0, 0.1) is 11.7 Å². The Morgan fingerprint density at radius 3 is 2.32 bits per heavy atom. The number of alkyl halides is 3. The van der Waals surface area contributed by atoms with E-state index in [1.54, 1.807) is 0 Å². The number of amides is 1. The van der Waals surface area contributed by atoms with Gasteiger partial charge in [0.1, 0.15) is 5.82 Å². The molecule has 1 amide bonds. The Morgan fingerprint density at radius 2 is 1.79 bits per heavy atom. The molecule has 2 aliphatic heterocycles. The Labute approximate surface area is 162 Å². The quantitative estimate of drug-likeness (QED) is 0.562. The smallest absolute Gasteiger partial charge is 0.399 e. The molecule has 0 radical (unpaired) electrons. The maximum atomic E-state index is 14.6. The van der Waals surface area contributed by atoms with Crippen LogP contribution in [0.4, 0.5) is 17.6 Å². The molecule has 2 fully saturated rings. The van der Waals surface area contributed by atoms with E-state index in [9.17, 15) is 22.4 Å². The minimum Gasteiger partial charge on any atom is -0.399 e. The number of nitrogens with zero attached hydrogens (tertiary/aromatic N) is 1. The van der Waals surface area contributed by atoms with Gasteiger partial charge in [-0.1, -0.05) is 6.07 Å². The molecule has 0 aromatic heterocycles. The molecule has 1 atom stereocenters. The van der Waals surface area contributed by atoms with Gasteiger partial charge in [0.05, 0.1) is 22.7 Å². The molecular formula is C19H24BF4NO3. The normalized spacial score (nSPS) is 24.5. The fraction of sp³-hybridized carbons (Fsp3) is 0.632. The fourth-order valence-corrected chi connectivity index (χ4v) is 3.43. The minimum atomic E-state index is -4.36. The Hall–Kier alpha value is -1.61. The molecule has 3 rings (SSSR count). The molecule has 0 aliphatic carbocycles. The summed E-state index contributed by atoms with van der Waals surface area (Å²) >= 11 is 0. The van der Waals surface area contributed by atoms with Gasteiger partial charge in [0, 0.05) is 13.1 Å². The topological polar surface area (TPSA) is 38.8 Å². The van der Waals surface area contributed by atoms with Gasteiger partial charge in [-0.25, -0.2) is 4.39 Å². The number of halogens is 4. The van der Waals surface area contributed by atoms with Crippen LogP contribution in [-0.2, 0) is 9.31 Å². The largest absolute Gasteiger partial charge is 0.494 e. The van der Waals surface area contributed by atoms with Gasteiger partial charge in [-0.15, -0.1) is 0 Å². The third kappa shape index (κ3) is 3.92. The SMILES string of the molecule is CC1(C)OB(c2ccc(C(=O)N3CCCC(C(F)(F)F)C3)c(F)c2)OC1(C)C. The molecule has 28 heavy (non-hydrogen) atoms. The van der Waals surface area contributed by atoms with Gasteiger partial charge in [0.2, 0.25) is 0 Å². The van der Waals surface area contributed by atoms with Crippen LogP contribution in [0.1, 0.15) is 50.9 Å². The highest BCUT2D eigenvalue weighted by Gasteiger charge is 2.52. The number of carbonyl (C=O) groups excluding carboxylic acids is 1. The number of hydrogen-bond donors (Lipinski definition) is 0. The number of likely N-dealkylation sites (tertiary alicyclic amines) is 1. The van der Waals surface area contributed by atoms with E-state index in [1.165, 1.54) is 12.1 Å². The Bertz CT molecular complexity index is 750. The van der Waals surface area contributed by atoms with Crippen LogP contribution in [0.25, 0.3) is 0 Å². The standard InChI is InChI=1S/C19H24BF4NO3/c1-17(2)18(3,4)28-20(27-17)13-7-8-14(15(21)10-13)16(26)25-9-5-6-12(11-25)19(22,23)24/h7-8,10,12H,5-6,9,11H2,1-4H3. The molecule has 4 nitrogen and oxygen atoms in total. The van der Waals surface area contributed by atoms with Gasteiger partial charge in [-0.3, -0.25) is 4.79 Å². The van der Waals surface area contributed by atoms with Gasteiger partial charge in [0.25, 0.3) is 5.91 Å². The predicted octanol–water partition coefficient (Wildman–Crippen LogP) is 3.54. The highest BCUT2D eigenvalue weighted by atomic mass is 19.4. The average molecular weight is 401 g/mol. The Balaban J connectivity index is 1.77. The van der Waals surface area contributed by atoms with Gasteiger partial charge >= 0.3 is 13.3 Å². The van der Waals surface area contributed by atoms with Crippen LogP contribution in [0.3, 0.4) is 0 Å². The van der Waals surface area contributed by atoms with Crippen molar-refractivity contribution >= 4 is 18.5 Å². The van der Waals surface area contributed by atoms with E-state index >= 15 is 0 Å². The molecule has 0 saturated carbocycles. The summed E-state index contributed by atoms with van der Waals surface area (Å²) in [4.78, 5) is 13.7. The molecule has 0 N–H and O–H groups in total. The number of rotatable bonds is 2. The van der Waals surface area contributed by atoms with Crippen molar-refractivity contribution in [1.29, 1.82) is 0 Å². The van der Waals surface area contributed by atoms with Crippen molar-refractivity contribution in [2.75, 3.05) is 13.1 Å². The minimum absolute atomic E-state index is 0.0172. The predicted molar refractivity (Wildman–Crippen MR) is 96.8 cm³/mol. The molecule has 1 aromatic carbocycles. The summed E-state index contributed by atoms with van der Waals surface area (Å²) in [5, 5.41) is 0. The van der Waals surface area contributed by atoms with Crippen LogP contribution in [0.5, 0.6) is 0 Å². The van der Waals surface area contributed by atoms with Gasteiger partial charge in [-0.05, 0) is 58.1 Å². The van der Waals surface area contributed by atoms with Crippen LogP contribution in [-0.4, -0.2) is 48.4 Å². The van der Waals surface area contributed by atoms with Crippen molar-refractivity contribution in [3.8, 4) is 0 Å². The number of carbonyl (C=O) groups is 1. The van der Waals surface area contributed by atoms with E-state index in [0.29, 0.717) is 5.46 Å². The second-order valence-electron chi connectivity index (χ2n) is 8.46. The molecule has 154 valence electrons. The second kappa shape index (κ2) is 7.02. The first-order valence-electron chi connectivity index (χ1n) is 9.33. The Morgan fingerprint density at radius 1 is 1.18 bits per heavy atom. The van der Waals surface area contributed by atoms with Crippen LogP contribution in [0.2, 0.25) is 0 Å². The molecular weight excluding hydrogens is 377 g/mol. The lowest BCUT2D eigenvalue weighted by Gasteiger charge is -2.33. The first-order valence-corrected chi connectivity index (χ1v) is 9.33. The van der Waals surface area contributed by atoms with Gasteiger partial charge in [-0.2, -0.15) is 13.2 Å². The zero-order valence-electron chi connectivity index (χ0n) is 16.4. The van der Waals surface area contributed by atoms with Crippen molar-refractivity contribution in [2.45, 2.75) is 57.9 Å². The first kappa shape index (κ1) is 21.1. The summed E-state index contributed by atoms with van der Waals surface area (Å²) in [6.45, 7) is 7.22. The molecule has 2 heterocycles. The lowest BCUT2D eigenvalue weighted by Crippen LogP contribution is -2.45. The molecule has 0 spiro atoms. The van der Waals surface area contributed by atoms with Crippen LogP contribution in [0.15, 0.2) is 18.2 Å². The molecule has 9 heteroatoms. The van der Waals surface area contributed by atoms with Crippen LogP contribution >= 0.6 is 0 Å². The zero-order valence-corrected chi connectivity index (χ0v) is 16.4. The third-order valence-electron chi connectivity index (χ3n) is 5.92. The highest BCUT2D eigenvalue weighted by molar-refractivity contribution is 6.62. The first-order chi connectivity index (χ1) is 12.8. The fourth-order valence-electron chi connectivity index (χ4n) is 3.43. The van der Waals surface area contributed by atoms with Gasteiger partial charge < -0.3 is 14.2 Å². The van der Waals surface area contributed by atoms with E-state index in [1.807, 2.05) is 27.7 Å². The van der Waals surface area contributed by atoms with Crippen molar-refractivity contribution in [1.82, 2.24) is 4.90 Å². The van der Waals surface area contributed by atoms with Crippen molar-refractivity contribution < 1.29 is 31.7 Å². The lowest BCUT2D eigenvalue weighted by atomic mass is 9.78. The summed E-state index contributed by atoms with van der Waals surface area (Å²) in [6.07, 6.45) is -4.14. The van der Waals surface area contributed by atoms with Gasteiger partial charge in [0.15, 0.2) is 0 Å². The van der Waals surface area contributed by atoms with E-state index in [0.717, 1.165) is 11.0 Å². The number of hydrogen-bond acceptors (Lipinski definition) is 3. The summed E-state index contributed by atoms with van der Waals surface area (Å²) < 4.78 is 65.3. The highest BCUT2D eigenvalue weighted by Crippen LogP contribution is 2.37. The maximum absolute atomic E-state index is 14.6. The number of benzene rings is 1. The summed E-state index contributed by atoms with van der Waals surface area (Å²) in [5.41, 5.74) is -1.02. The maximum Gasteiger partial charge on any atom is 0.494 e. The molecule has 1 aromatic rings. The van der Waals surface area contributed by atoms with E-state index in [-0.39, 0.29) is 24.9 Å². The summed E-state index contributed by atoms with van der Waals surface area (Å²) in [6, 6.07) is 3.96. The number of piperidine rings is 1. The average Bonchev–Trinajstić information content (AvgIpc) is 2.81. The van der Waals surface area contributed by atoms with Crippen molar-refractivity contribution in [3.05, 3.63) is 29.6 Å². The molecule has 0 bridgehead atoms. The molecule has 2 aliphatic rings. The van der Waals surface area contributed by atoms with E-state index < -0.39 is 48.7 Å². The van der Waals surface area contributed by atoms with E-state index in [2.05, 4.69) is 0 Å². The summed E-state index contributed by atoms with van der Waals surface area (Å²) in [7, 11) is -0.784. The zero-order chi connectivity index (χ0) is 20.9. The summed E-state index contributed by atoms with van der Waals surface area (Å²) in [5.74, 6) is -3.10. The van der Waals surface area contributed by atoms with E-state index in [4.69, 9.17) is 9.31 Å². The Kier molecular flexibility index (Phi) is 5.29. The second-order valence-corrected chi connectivity index (χ2v) is 8.46. The third-order valence-corrected chi connectivity index (χ3v) is 5.92.